The number of aliphatic carboxylic acids is 1. The highest BCUT2D eigenvalue weighted by molar-refractivity contribution is 5.86. The fourth-order valence-corrected chi connectivity index (χ4v) is 2.61. The topological polar surface area (TPSA) is 84.9 Å². The van der Waals surface area contributed by atoms with Gasteiger partial charge in [0.25, 0.3) is 0 Å². The van der Waals surface area contributed by atoms with Crippen LogP contribution >= 0.6 is 0 Å². The van der Waals surface area contributed by atoms with E-state index in [1.54, 1.807) is 6.92 Å². The predicted molar refractivity (Wildman–Crippen MR) is 88.7 cm³/mol. The van der Waals surface area contributed by atoms with Gasteiger partial charge >= 0.3 is 5.97 Å². The van der Waals surface area contributed by atoms with Gasteiger partial charge in [-0.05, 0) is 31.7 Å². The van der Waals surface area contributed by atoms with Gasteiger partial charge in [-0.25, -0.2) is 4.79 Å². The summed E-state index contributed by atoms with van der Waals surface area (Å²) in [6, 6.07) is 8.24. The van der Waals surface area contributed by atoms with Crippen molar-refractivity contribution in [3.63, 3.8) is 0 Å². The van der Waals surface area contributed by atoms with Crippen LogP contribution in [0.15, 0.2) is 30.3 Å². The van der Waals surface area contributed by atoms with E-state index in [1.807, 2.05) is 30.3 Å². The van der Waals surface area contributed by atoms with Crippen LogP contribution in [-0.2, 0) is 25.5 Å². The molecular weight excluding hydrogens is 310 g/mol. The predicted octanol–water partition coefficient (Wildman–Crippen LogP) is 1.77. The number of carbonyl (C=O) groups is 2. The molecule has 6 nitrogen and oxygen atoms in total. The highest BCUT2D eigenvalue weighted by atomic mass is 16.5. The van der Waals surface area contributed by atoms with Crippen molar-refractivity contribution in [2.45, 2.75) is 50.9 Å². The first-order valence-corrected chi connectivity index (χ1v) is 8.36. The molecule has 1 aromatic carbocycles. The van der Waals surface area contributed by atoms with Gasteiger partial charge in [-0.2, -0.15) is 0 Å². The number of carboxylic acids is 1. The Hall–Kier alpha value is -1.92. The number of carbonyl (C=O) groups excluding carboxylic acids is 1. The molecule has 0 aromatic heterocycles. The van der Waals surface area contributed by atoms with E-state index in [9.17, 15) is 14.7 Å². The maximum Gasteiger partial charge on any atom is 0.326 e. The molecule has 1 aromatic rings. The lowest BCUT2D eigenvalue weighted by Crippen LogP contribution is -2.47. The third-order valence-electron chi connectivity index (χ3n) is 4.07. The smallest absolute Gasteiger partial charge is 0.326 e. The molecule has 1 amide bonds. The molecule has 2 unspecified atom stereocenters. The lowest BCUT2D eigenvalue weighted by atomic mass is 10.1. The number of benzene rings is 1. The molecular formula is C18H25NO5. The summed E-state index contributed by atoms with van der Waals surface area (Å²) in [5.74, 6) is -1.48. The molecule has 1 heterocycles. The molecule has 24 heavy (non-hydrogen) atoms. The standard InChI is InChI=1S/C18H25NO5/c1-13(24-12-15-9-5-6-10-23-15)17(20)19-16(18(21)22)11-14-7-3-2-4-8-14/h2-4,7-8,13,15-16H,5-6,9-12H2,1H3,(H,19,20)(H,21,22)/t13?,15?,16-/m1/s1. The van der Waals surface area contributed by atoms with Crippen LogP contribution in [0.5, 0.6) is 0 Å². The van der Waals surface area contributed by atoms with Crippen molar-refractivity contribution < 1.29 is 24.2 Å². The van der Waals surface area contributed by atoms with Crippen LogP contribution in [0.1, 0.15) is 31.7 Å². The third kappa shape index (κ3) is 5.94. The molecule has 6 heteroatoms. The molecule has 1 fully saturated rings. The third-order valence-corrected chi connectivity index (χ3v) is 4.07. The van der Waals surface area contributed by atoms with E-state index in [1.165, 1.54) is 0 Å². The van der Waals surface area contributed by atoms with Crippen LogP contribution in [0.3, 0.4) is 0 Å². The highest BCUT2D eigenvalue weighted by Gasteiger charge is 2.24. The van der Waals surface area contributed by atoms with Gasteiger partial charge in [0.05, 0.1) is 12.7 Å². The van der Waals surface area contributed by atoms with Gasteiger partial charge in [0, 0.05) is 13.0 Å². The van der Waals surface area contributed by atoms with E-state index in [4.69, 9.17) is 9.47 Å². The van der Waals surface area contributed by atoms with Crippen molar-refractivity contribution in [2.24, 2.45) is 0 Å². The number of hydrogen-bond acceptors (Lipinski definition) is 4. The normalized spacial score (nSPS) is 20.1. The quantitative estimate of drug-likeness (QED) is 0.756. The van der Waals surface area contributed by atoms with E-state index in [-0.39, 0.29) is 12.5 Å². The lowest BCUT2D eigenvalue weighted by molar-refractivity contribution is -0.145. The highest BCUT2D eigenvalue weighted by Crippen LogP contribution is 2.13. The summed E-state index contributed by atoms with van der Waals surface area (Å²) in [6.45, 7) is 2.71. The zero-order valence-corrected chi connectivity index (χ0v) is 13.9. The van der Waals surface area contributed by atoms with Gasteiger partial charge in [0.1, 0.15) is 12.1 Å². The number of carboxylic acid groups (broad SMARTS) is 1. The summed E-state index contributed by atoms with van der Waals surface area (Å²) in [5, 5.41) is 11.9. The Morgan fingerprint density at radius 3 is 2.71 bits per heavy atom. The largest absolute Gasteiger partial charge is 0.480 e. The van der Waals surface area contributed by atoms with Crippen molar-refractivity contribution in [3.8, 4) is 0 Å². The molecule has 3 atom stereocenters. The second-order valence-electron chi connectivity index (χ2n) is 6.05. The van der Waals surface area contributed by atoms with Gasteiger partial charge in [0.2, 0.25) is 5.91 Å². The molecule has 1 saturated heterocycles. The first-order valence-electron chi connectivity index (χ1n) is 8.36. The summed E-state index contributed by atoms with van der Waals surface area (Å²) in [7, 11) is 0. The number of rotatable bonds is 8. The molecule has 0 bridgehead atoms. The van der Waals surface area contributed by atoms with Crippen LogP contribution in [-0.4, -0.2) is 48.4 Å². The summed E-state index contributed by atoms with van der Waals surface area (Å²) >= 11 is 0. The molecule has 132 valence electrons. The zero-order chi connectivity index (χ0) is 17.4. The number of amides is 1. The molecule has 1 aliphatic heterocycles. The summed E-state index contributed by atoms with van der Waals surface area (Å²) in [4.78, 5) is 23.6. The number of ether oxygens (including phenoxy) is 2. The van der Waals surface area contributed by atoms with Crippen molar-refractivity contribution in [1.29, 1.82) is 0 Å². The average molecular weight is 335 g/mol. The van der Waals surface area contributed by atoms with Gasteiger partial charge in [0.15, 0.2) is 0 Å². The van der Waals surface area contributed by atoms with Crippen molar-refractivity contribution in [2.75, 3.05) is 13.2 Å². The fraction of sp³-hybridized carbons (Fsp3) is 0.556. The molecule has 1 aliphatic rings. The van der Waals surface area contributed by atoms with Crippen molar-refractivity contribution in [3.05, 3.63) is 35.9 Å². The van der Waals surface area contributed by atoms with Gasteiger partial charge in [-0.3, -0.25) is 4.79 Å². The average Bonchev–Trinajstić information content (AvgIpc) is 2.60. The summed E-state index contributed by atoms with van der Waals surface area (Å²) < 4.78 is 11.1. The van der Waals surface area contributed by atoms with Crippen LogP contribution in [0.25, 0.3) is 0 Å². The zero-order valence-electron chi connectivity index (χ0n) is 13.9. The van der Waals surface area contributed by atoms with Crippen molar-refractivity contribution >= 4 is 11.9 Å². The van der Waals surface area contributed by atoms with Crippen LogP contribution in [0.2, 0.25) is 0 Å². The van der Waals surface area contributed by atoms with E-state index >= 15 is 0 Å². The first-order chi connectivity index (χ1) is 11.6. The second-order valence-corrected chi connectivity index (χ2v) is 6.05. The maximum atomic E-state index is 12.2. The molecule has 2 rings (SSSR count). The first kappa shape index (κ1) is 18.4. The molecule has 0 spiro atoms. The minimum Gasteiger partial charge on any atom is -0.480 e. The Balaban J connectivity index is 1.81. The second kappa shape index (κ2) is 9.39. The molecule has 0 aliphatic carbocycles. The van der Waals surface area contributed by atoms with Crippen molar-refractivity contribution in [1.82, 2.24) is 5.32 Å². The van der Waals surface area contributed by atoms with Crippen LogP contribution < -0.4 is 5.32 Å². The van der Waals surface area contributed by atoms with Crippen LogP contribution in [0.4, 0.5) is 0 Å². The minimum absolute atomic E-state index is 0.0218. The summed E-state index contributed by atoms with van der Waals surface area (Å²) in [6.07, 6.45) is 2.64. The maximum absolute atomic E-state index is 12.2. The van der Waals surface area contributed by atoms with E-state index < -0.39 is 24.0 Å². The summed E-state index contributed by atoms with van der Waals surface area (Å²) in [5.41, 5.74) is 0.856. The van der Waals surface area contributed by atoms with Gasteiger partial charge < -0.3 is 19.9 Å². The lowest BCUT2D eigenvalue weighted by Gasteiger charge is -2.24. The van der Waals surface area contributed by atoms with E-state index in [0.29, 0.717) is 6.61 Å². The molecule has 2 N–H and O–H groups in total. The number of hydrogen-bond donors (Lipinski definition) is 2. The van der Waals surface area contributed by atoms with Gasteiger partial charge in [-0.1, -0.05) is 30.3 Å². The van der Waals surface area contributed by atoms with E-state index in [0.717, 1.165) is 31.4 Å². The monoisotopic (exact) mass is 335 g/mol. The van der Waals surface area contributed by atoms with Crippen LogP contribution in [0, 0.1) is 0 Å². The Morgan fingerprint density at radius 1 is 1.33 bits per heavy atom. The minimum atomic E-state index is -1.06. The molecule has 0 saturated carbocycles. The Morgan fingerprint density at radius 2 is 2.08 bits per heavy atom. The Kier molecular flexibility index (Phi) is 7.21. The fourth-order valence-electron chi connectivity index (χ4n) is 2.61. The SMILES string of the molecule is CC(OCC1CCCCO1)C(=O)N[C@H](Cc1ccccc1)C(=O)O. The number of nitrogens with one attached hydrogen (secondary N) is 1. The Labute approximate surface area is 142 Å². The Bertz CT molecular complexity index is 527. The van der Waals surface area contributed by atoms with E-state index in [2.05, 4.69) is 5.32 Å². The molecule has 0 radical (unpaired) electrons. The van der Waals surface area contributed by atoms with Gasteiger partial charge in [-0.15, -0.1) is 0 Å².